The zero-order chi connectivity index (χ0) is 28.9. The summed E-state index contributed by atoms with van der Waals surface area (Å²) in [6, 6.07) is 12.6. The van der Waals surface area contributed by atoms with Gasteiger partial charge in [-0.1, -0.05) is 49.8 Å². The minimum Gasteiger partial charge on any atom is -0.506 e. The Morgan fingerprint density at radius 3 is 2.68 bits per heavy atom. The molecule has 2 aromatic heterocycles. The van der Waals surface area contributed by atoms with Gasteiger partial charge in [0.2, 0.25) is 0 Å². The zero-order valence-electron chi connectivity index (χ0n) is 23.8. The van der Waals surface area contributed by atoms with Crippen LogP contribution in [-0.4, -0.2) is 52.2 Å². The first-order valence-electron chi connectivity index (χ1n) is 13.9. The second-order valence-electron chi connectivity index (χ2n) is 12.4. The van der Waals surface area contributed by atoms with Crippen molar-refractivity contribution in [3.8, 4) is 5.75 Å². The molecule has 2 aromatic carbocycles. The number of phenolic OH excluding ortho intramolecular Hbond substituents is 1. The Bertz CT molecular complexity index is 1620. The molecule has 2 amide bonds. The van der Waals surface area contributed by atoms with Gasteiger partial charge in [0.15, 0.2) is 10.9 Å². The van der Waals surface area contributed by atoms with E-state index in [1.54, 1.807) is 24.4 Å². The predicted molar refractivity (Wildman–Crippen MR) is 168 cm³/mol. The van der Waals surface area contributed by atoms with Gasteiger partial charge in [-0.15, -0.1) is 0 Å². The van der Waals surface area contributed by atoms with E-state index in [0.29, 0.717) is 33.9 Å². The lowest BCUT2D eigenvalue weighted by molar-refractivity contribution is 0.125. The molecule has 1 fully saturated rings. The smallest absolute Gasteiger partial charge is 0.325 e. The van der Waals surface area contributed by atoms with Gasteiger partial charge in [0.1, 0.15) is 5.75 Å². The molecule has 41 heavy (non-hydrogen) atoms. The van der Waals surface area contributed by atoms with Gasteiger partial charge in [-0.2, -0.15) is 0 Å². The highest BCUT2D eigenvalue weighted by atomic mass is 35.5. The average molecular weight is 591 g/mol. The maximum atomic E-state index is 13.1. The van der Waals surface area contributed by atoms with Crippen LogP contribution in [0.2, 0.25) is 5.02 Å². The Balaban J connectivity index is 1.28. The Morgan fingerprint density at radius 1 is 1.15 bits per heavy atom. The third kappa shape index (κ3) is 5.46. The van der Waals surface area contributed by atoms with Gasteiger partial charge in [0.25, 0.3) is 0 Å². The van der Waals surface area contributed by atoms with Crippen molar-refractivity contribution < 1.29 is 9.90 Å². The van der Waals surface area contributed by atoms with E-state index in [1.807, 2.05) is 30.0 Å². The van der Waals surface area contributed by atoms with Gasteiger partial charge < -0.3 is 20.2 Å². The van der Waals surface area contributed by atoms with Gasteiger partial charge in [-0.25, -0.2) is 14.8 Å². The molecule has 0 bridgehead atoms. The number of carbonyl (C=O) groups excluding carboxylic acids is 1. The van der Waals surface area contributed by atoms with Crippen LogP contribution < -0.4 is 15.5 Å². The fraction of sp³-hybridized carbons (Fsp3) is 0.387. The largest absolute Gasteiger partial charge is 0.506 e. The van der Waals surface area contributed by atoms with Crippen LogP contribution in [0.1, 0.15) is 44.7 Å². The van der Waals surface area contributed by atoms with E-state index >= 15 is 0 Å². The van der Waals surface area contributed by atoms with E-state index in [9.17, 15) is 9.90 Å². The predicted octanol–water partition coefficient (Wildman–Crippen LogP) is 7.53. The molecule has 1 spiro atoms. The Hall–Kier alpha value is -3.40. The van der Waals surface area contributed by atoms with Crippen molar-refractivity contribution in [3.05, 3.63) is 64.8 Å². The maximum absolute atomic E-state index is 13.1. The van der Waals surface area contributed by atoms with Crippen LogP contribution in [0, 0.1) is 12.3 Å². The molecule has 0 radical (unpaired) electrons. The molecule has 214 valence electrons. The number of amides is 2. The Labute approximate surface area is 249 Å². The summed E-state index contributed by atoms with van der Waals surface area (Å²) >= 11 is 8.29. The number of aryl methyl sites for hydroxylation is 1. The van der Waals surface area contributed by atoms with Crippen LogP contribution in [-0.2, 0) is 5.41 Å². The Morgan fingerprint density at radius 2 is 1.93 bits per heavy atom. The number of halogens is 1. The highest BCUT2D eigenvalue weighted by molar-refractivity contribution is 7.22. The molecule has 0 atom stereocenters. The van der Waals surface area contributed by atoms with Gasteiger partial charge in [-0.05, 0) is 80.2 Å². The van der Waals surface area contributed by atoms with E-state index in [1.165, 1.54) is 11.3 Å². The molecule has 0 aliphatic carbocycles. The fourth-order valence-corrected chi connectivity index (χ4v) is 7.55. The highest BCUT2D eigenvalue weighted by Gasteiger charge is 2.48. The summed E-state index contributed by atoms with van der Waals surface area (Å²) in [5.41, 5.74) is 4.16. The fourth-order valence-electron chi connectivity index (χ4n) is 6.24. The Kier molecular flexibility index (Phi) is 7.08. The first kappa shape index (κ1) is 27.8. The van der Waals surface area contributed by atoms with Crippen molar-refractivity contribution in [2.75, 3.05) is 41.7 Å². The number of anilines is 4. The van der Waals surface area contributed by atoms with Crippen LogP contribution in [0.5, 0.6) is 5.75 Å². The number of nitrogens with zero attached hydrogens (tertiary/aromatic N) is 4. The number of aromatic hydroxyl groups is 1. The maximum Gasteiger partial charge on any atom is 0.325 e. The van der Waals surface area contributed by atoms with Crippen LogP contribution in [0.15, 0.2) is 48.7 Å². The number of piperidine rings is 1. The van der Waals surface area contributed by atoms with Gasteiger partial charge in [-0.3, -0.25) is 5.32 Å². The molecule has 2 aliphatic rings. The summed E-state index contributed by atoms with van der Waals surface area (Å²) in [7, 11) is 0. The number of carbonyl (C=O) groups is 1. The van der Waals surface area contributed by atoms with Crippen molar-refractivity contribution in [2.24, 2.45) is 5.41 Å². The van der Waals surface area contributed by atoms with Gasteiger partial charge in [0.05, 0.1) is 21.6 Å². The van der Waals surface area contributed by atoms with E-state index in [4.69, 9.17) is 11.6 Å². The number of urea groups is 1. The molecule has 0 saturated carbocycles. The van der Waals surface area contributed by atoms with Crippen LogP contribution >= 0.6 is 22.9 Å². The van der Waals surface area contributed by atoms with Crippen LogP contribution in [0.25, 0.3) is 10.2 Å². The second kappa shape index (κ2) is 10.5. The molecule has 2 aliphatic heterocycles. The highest BCUT2D eigenvalue weighted by Crippen LogP contribution is 2.56. The van der Waals surface area contributed by atoms with E-state index < -0.39 is 6.03 Å². The summed E-state index contributed by atoms with van der Waals surface area (Å²) in [4.78, 5) is 26.9. The number of nitrogens with one attached hydrogen (secondary N) is 2. The monoisotopic (exact) mass is 590 g/mol. The van der Waals surface area contributed by atoms with Crippen LogP contribution in [0.3, 0.4) is 0 Å². The summed E-state index contributed by atoms with van der Waals surface area (Å²) < 4.78 is 1.02. The lowest BCUT2D eigenvalue weighted by atomic mass is 9.74. The topological polar surface area (TPSA) is 93.6 Å². The minimum atomic E-state index is -0.407. The van der Waals surface area contributed by atoms with Crippen molar-refractivity contribution in [2.45, 2.75) is 46.0 Å². The number of hydrogen-bond acceptors (Lipinski definition) is 7. The number of likely N-dealkylation sites (tertiary alicyclic amines) is 1. The molecule has 10 heteroatoms. The number of benzene rings is 2. The molecular formula is C31H35ClN6O2S. The number of pyridine rings is 1. The quantitative estimate of drug-likeness (QED) is 0.227. The number of fused-ring (bicyclic) bond motifs is 3. The van der Waals surface area contributed by atoms with Crippen LogP contribution in [0.4, 0.5) is 27.1 Å². The van der Waals surface area contributed by atoms with E-state index in [-0.39, 0.29) is 16.6 Å². The number of phenols is 1. The molecular weight excluding hydrogens is 556 g/mol. The average Bonchev–Trinajstić information content (AvgIpc) is 3.46. The summed E-state index contributed by atoms with van der Waals surface area (Å²) in [6.07, 6.45) is 3.54. The van der Waals surface area contributed by atoms with Gasteiger partial charge in [0, 0.05) is 35.3 Å². The van der Waals surface area contributed by atoms with Crippen molar-refractivity contribution >= 4 is 61.5 Å². The van der Waals surface area contributed by atoms with E-state index in [0.717, 1.165) is 53.8 Å². The lowest BCUT2D eigenvalue weighted by Gasteiger charge is -2.42. The normalized spacial score (nSPS) is 16.8. The SMILES string of the molecule is Cc1ccc2nc(NC(=O)Nc3cccnc3N3CC4(CCN(CC(C)(C)C)CC4)c4c(Cl)ccc(O)c43)sc2c1. The lowest BCUT2D eigenvalue weighted by Crippen LogP contribution is -2.47. The summed E-state index contributed by atoms with van der Waals surface area (Å²) in [6.45, 7) is 12.4. The molecule has 6 rings (SSSR count). The number of rotatable bonds is 4. The van der Waals surface area contributed by atoms with E-state index in [2.05, 4.69) is 52.3 Å². The zero-order valence-corrected chi connectivity index (χ0v) is 25.4. The molecule has 3 N–H and O–H groups in total. The van der Waals surface area contributed by atoms with Gasteiger partial charge >= 0.3 is 6.03 Å². The first-order valence-corrected chi connectivity index (χ1v) is 15.1. The number of thiazole rings is 1. The van der Waals surface area contributed by atoms with Crippen molar-refractivity contribution in [3.63, 3.8) is 0 Å². The first-order chi connectivity index (χ1) is 19.5. The number of aromatic nitrogens is 2. The van der Waals surface area contributed by atoms with Crippen molar-refractivity contribution in [1.29, 1.82) is 0 Å². The molecule has 8 nitrogen and oxygen atoms in total. The minimum absolute atomic E-state index is 0.157. The molecule has 4 aromatic rings. The third-order valence-electron chi connectivity index (χ3n) is 7.93. The third-order valence-corrected chi connectivity index (χ3v) is 9.18. The second-order valence-corrected chi connectivity index (χ2v) is 13.9. The molecule has 1 saturated heterocycles. The molecule has 4 heterocycles. The summed E-state index contributed by atoms with van der Waals surface area (Å²) in [5, 5.41) is 18.1. The standard InChI is InChI=1S/C31H35ClN6O2S/c1-19-7-9-21-24(16-19)41-29(35-21)36-28(40)34-22-6-5-13-33-27(22)38-18-31(25-20(32)8-10-23(39)26(25)38)11-14-37(15-12-31)17-30(2,3)4/h5-10,13,16,39H,11-12,14-15,17-18H2,1-4H3,(H2,34,35,36,40). The number of hydrogen-bond donors (Lipinski definition) is 3. The molecule has 0 unspecified atom stereocenters. The summed E-state index contributed by atoms with van der Waals surface area (Å²) in [5.74, 6) is 0.722. The van der Waals surface area contributed by atoms with Crippen molar-refractivity contribution in [1.82, 2.24) is 14.9 Å².